The molecule has 0 N–H and O–H groups in total. The minimum atomic E-state index is 0.294. The molecule has 6 heteroatoms. The lowest BCUT2D eigenvalue weighted by Crippen LogP contribution is -2.36. The summed E-state index contributed by atoms with van der Waals surface area (Å²) in [6, 6.07) is 0. The van der Waals surface area contributed by atoms with Gasteiger partial charge >= 0.3 is 0 Å². The van der Waals surface area contributed by atoms with Crippen molar-refractivity contribution in [2.45, 2.75) is 24.6 Å². The molecule has 0 bridgehead atoms. The van der Waals surface area contributed by atoms with Crippen molar-refractivity contribution in [3.63, 3.8) is 0 Å². The van der Waals surface area contributed by atoms with Crippen LogP contribution in [0.4, 0.5) is 0 Å². The van der Waals surface area contributed by atoms with E-state index in [0.717, 1.165) is 3.92 Å². The van der Waals surface area contributed by atoms with E-state index in [0.29, 0.717) is 0.864 Å². The first-order chi connectivity index (χ1) is 5.23. The number of alkyl halides is 6. The Labute approximate surface area is 156 Å². The summed E-state index contributed by atoms with van der Waals surface area (Å²) in [5.41, 5.74) is 0. The molecule has 0 aliphatic rings. The topological polar surface area (TPSA) is 0 Å². The average Bonchev–Trinajstić information content (AvgIpc) is 1.85. The van der Waals surface area contributed by atoms with Crippen LogP contribution in [0.3, 0.4) is 0 Å². The highest BCUT2D eigenvalue weighted by Crippen LogP contribution is 2.58. The predicted octanol–water partition coefficient (Wildman–Crippen LogP) is 6.12. The van der Waals surface area contributed by atoms with E-state index in [-0.39, 0.29) is 0 Å². The molecule has 1 unspecified atom stereocenters. The SMILES string of the molecule is CCCC(I)C(I)(I)C(I)(I)I. The molecule has 0 aromatic heterocycles. The fourth-order valence-corrected chi connectivity index (χ4v) is 5.24. The van der Waals surface area contributed by atoms with E-state index in [1.807, 2.05) is 0 Å². The Hall–Kier alpha value is 4.38. The maximum Gasteiger partial charge on any atom is 0.148 e. The molecule has 0 aromatic carbocycles. The van der Waals surface area contributed by atoms with Crippen LogP contribution in [-0.4, -0.2) is 4.79 Å². The van der Waals surface area contributed by atoms with E-state index in [9.17, 15) is 0 Å². The molecule has 0 spiro atoms. The highest BCUT2D eigenvalue weighted by Gasteiger charge is 2.46. The Bertz CT molecular complexity index is 137. The van der Waals surface area contributed by atoms with Crippen molar-refractivity contribution in [1.82, 2.24) is 0 Å². The van der Waals surface area contributed by atoms with Crippen LogP contribution in [0, 0.1) is 0 Å². The van der Waals surface area contributed by atoms with Crippen LogP contribution >= 0.6 is 136 Å². The molecule has 0 aliphatic heterocycles. The van der Waals surface area contributed by atoms with E-state index in [4.69, 9.17) is 0 Å². The van der Waals surface area contributed by atoms with Gasteiger partial charge in [-0.05, 0) is 6.42 Å². The van der Waals surface area contributed by atoms with Gasteiger partial charge in [0, 0.05) is 3.92 Å². The molecule has 0 saturated carbocycles. The van der Waals surface area contributed by atoms with Gasteiger partial charge < -0.3 is 0 Å². The van der Waals surface area contributed by atoms with Crippen molar-refractivity contribution in [3.05, 3.63) is 0 Å². The fourth-order valence-electron chi connectivity index (χ4n) is 0.612. The van der Waals surface area contributed by atoms with Gasteiger partial charge in [-0.1, -0.05) is 149 Å². The molecule has 0 radical (unpaired) electrons. The molecule has 0 rings (SSSR count). The monoisotopic (exact) mass is 841 g/mol. The van der Waals surface area contributed by atoms with Gasteiger partial charge in [0.2, 0.25) is 0 Å². The Balaban J connectivity index is 4.38. The van der Waals surface area contributed by atoms with Crippen molar-refractivity contribution in [3.8, 4) is 0 Å². The molecule has 0 amide bonds. The zero-order valence-corrected chi connectivity index (χ0v) is 19.2. The average molecular weight is 842 g/mol. The molecule has 1 atom stereocenters. The normalized spacial score (nSPS) is 16.2. The molecule has 74 valence electrons. The highest BCUT2D eigenvalue weighted by molar-refractivity contribution is 14.3. The van der Waals surface area contributed by atoms with Gasteiger partial charge in [0.25, 0.3) is 0 Å². The van der Waals surface area contributed by atoms with Gasteiger partial charge in [-0.3, -0.25) is 0 Å². The third kappa shape index (κ3) is 5.14. The molecule has 0 heterocycles. The van der Waals surface area contributed by atoms with Crippen molar-refractivity contribution in [1.29, 1.82) is 0 Å². The maximum absolute atomic E-state index is 2.59. The van der Waals surface area contributed by atoms with Crippen molar-refractivity contribution >= 4 is 136 Å². The Morgan fingerprint density at radius 3 is 1.75 bits per heavy atom. The van der Waals surface area contributed by atoms with Gasteiger partial charge in [-0.25, -0.2) is 0 Å². The summed E-state index contributed by atoms with van der Waals surface area (Å²) in [4.78, 5) is 0. The maximum atomic E-state index is 2.59. The predicted molar refractivity (Wildman–Crippen MR) is 108 cm³/mol. The van der Waals surface area contributed by atoms with Crippen LogP contribution in [0.2, 0.25) is 0 Å². The zero-order valence-electron chi connectivity index (χ0n) is 6.26. The second-order valence-corrected chi connectivity index (χ2v) is 20.4. The summed E-state index contributed by atoms with van der Waals surface area (Å²) in [5.74, 6) is 0. The van der Waals surface area contributed by atoms with E-state index >= 15 is 0 Å². The van der Waals surface area contributed by atoms with Crippen molar-refractivity contribution < 1.29 is 0 Å². The first kappa shape index (κ1) is 16.4. The van der Waals surface area contributed by atoms with Crippen LogP contribution in [-0.2, 0) is 0 Å². The quantitative estimate of drug-likeness (QED) is 0.237. The number of rotatable bonds is 4. The van der Waals surface area contributed by atoms with Crippen LogP contribution in [0.5, 0.6) is 0 Å². The molecule has 0 fully saturated rings. The van der Waals surface area contributed by atoms with Crippen LogP contribution in [0.15, 0.2) is 0 Å². The molecule has 12 heavy (non-hydrogen) atoms. The Morgan fingerprint density at radius 2 is 1.50 bits per heavy atom. The second-order valence-electron chi connectivity index (χ2n) is 2.38. The Kier molecular flexibility index (Phi) is 9.50. The summed E-state index contributed by atoms with van der Waals surface area (Å²) in [7, 11) is 0. The summed E-state index contributed by atoms with van der Waals surface area (Å²) in [6.45, 7) is 2.25. The first-order valence-electron chi connectivity index (χ1n) is 3.32. The van der Waals surface area contributed by atoms with Crippen LogP contribution in [0.25, 0.3) is 0 Å². The van der Waals surface area contributed by atoms with Gasteiger partial charge in [0.15, 0.2) is 0 Å². The minimum Gasteiger partial charge on any atom is -0.0802 e. The smallest absolute Gasteiger partial charge is 0.0802 e. The molecular weight excluding hydrogens is 833 g/mol. The van der Waals surface area contributed by atoms with Gasteiger partial charge in [0.1, 0.15) is 0.864 Å². The Morgan fingerprint density at radius 1 is 1.08 bits per heavy atom. The summed E-state index contributed by atoms with van der Waals surface area (Å²) < 4.78 is 1.37. The first-order valence-corrected chi connectivity index (χ1v) is 9.96. The number of hydrogen-bond donors (Lipinski definition) is 0. The molecule has 0 saturated heterocycles. The minimum absolute atomic E-state index is 0.294. The van der Waals surface area contributed by atoms with Gasteiger partial charge in [0.05, 0.1) is 0 Å². The summed E-state index contributed by atoms with van der Waals surface area (Å²) in [5, 5.41) is 0. The fraction of sp³-hybridized carbons (Fsp3) is 1.00. The van der Waals surface area contributed by atoms with Gasteiger partial charge in [-0.15, -0.1) is 0 Å². The molecule has 0 aromatic rings. The third-order valence-corrected chi connectivity index (χ3v) is 17.1. The molecular formula is C6H8I6. The molecule has 0 nitrogen and oxygen atoms in total. The number of hydrogen-bond acceptors (Lipinski definition) is 0. The van der Waals surface area contributed by atoms with Crippen LogP contribution < -0.4 is 0 Å². The lowest BCUT2D eigenvalue weighted by atomic mass is 10.2. The zero-order chi connectivity index (χ0) is 9.99. The van der Waals surface area contributed by atoms with Gasteiger partial charge in [-0.2, -0.15) is 0 Å². The highest BCUT2D eigenvalue weighted by atomic mass is 127. The summed E-state index contributed by atoms with van der Waals surface area (Å²) >= 11 is 15.3. The van der Waals surface area contributed by atoms with Crippen molar-refractivity contribution in [2.24, 2.45) is 0 Å². The largest absolute Gasteiger partial charge is 0.148 e. The van der Waals surface area contributed by atoms with Crippen LogP contribution in [0.1, 0.15) is 19.8 Å². The molecule has 0 aliphatic carbocycles. The number of halogens is 6. The van der Waals surface area contributed by atoms with E-state index in [1.165, 1.54) is 12.8 Å². The van der Waals surface area contributed by atoms with E-state index < -0.39 is 0 Å². The lowest BCUT2D eigenvalue weighted by molar-refractivity contribution is 0.753. The van der Waals surface area contributed by atoms with Crippen molar-refractivity contribution in [2.75, 3.05) is 0 Å². The van der Waals surface area contributed by atoms with E-state index in [2.05, 4.69) is 142 Å². The summed E-state index contributed by atoms with van der Waals surface area (Å²) in [6.07, 6.45) is 2.59. The van der Waals surface area contributed by atoms with E-state index in [1.54, 1.807) is 0 Å². The second kappa shape index (κ2) is 6.96. The lowest BCUT2D eigenvalue weighted by Gasteiger charge is -2.34. The standard InChI is InChI=1S/C6H8I6/c1-2-3-4(7)5(8,9)6(10,11)12/h4H,2-3H2,1H3. The third-order valence-electron chi connectivity index (χ3n) is 1.31.